The molecule has 0 saturated heterocycles. The topological polar surface area (TPSA) is 52.0 Å². The molecule has 2 nitrogen and oxygen atoms in total. The van der Waals surface area contributed by atoms with Crippen molar-refractivity contribution in [2.45, 2.75) is 482 Å². The third-order valence-electron chi connectivity index (χ3n) is 18.7. The van der Waals surface area contributed by atoms with Gasteiger partial charge in [0.1, 0.15) is 0 Å². The highest BCUT2D eigenvalue weighted by atomic mass is 14.4. The van der Waals surface area contributed by atoms with Crippen LogP contribution >= 0.6 is 0 Å². The average molecular weight is 1110 g/mol. The van der Waals surface area contributed by atoms with Gasteiger partial charge in [-0.3, -0.25) is 0 Å². The van der Waals surface area contributed by atoms with Gasteiger partial charge in [-0.05, 0) is 14.1 Å². The summed E-state index contributed by atoms with van der Waals surface area (Å²) in [6.45, 7) is 0. The molecule has 0 unspecified atom stereocenters. The predicted octanol–water partition coefficient (Wildman–Crippen LogP) is 28.4. The maximum absolute atomic E-state index is 4.50. The Labute approximate surface area is 504 Å². The second-order valence-corrected chi connectivity index (χ2v) is 26.5. The normalized spacial score (nSPS) is 22.9. The van der Waals surface area contributed by atoms with Gasteiger partial charge < -0.3 is 11.5 Å². The second-order valence-electron chi connectivity index (χ2n) is 26.5. The smallest absolute Gasteiger partial charge is 0.0195 e. The summed E-state index contributed by atoms with van der Waals surface area (Å²) in [5.74, 6) is 0. The molecule has 5 aliphatic carbocycles. The van der Waals surface area contributed by atoms with Crippen molar-refractivity contribution in [2.75, 3.05) is 14.1 Å². The Morgan fingerprint density at radius 3 is 0.0886 bits per heavy atom. The molecule has 0 amide bonds. The van der Waals surface area contributed by atoms with Crippen LogP contribution in [0.4, 0.5) is 0 Å². The molecule has 2 heteroatoms. The van der Waals surface area contributed by atoms with Gasteiger partial charge in [-0.2, -0.15) is 0 Å². The van der Waals surface area contributed by atoms with Gasteiger partial charge in [0.15, 0.2) is 0 Å². The summed E-state index contributed by atoms with van der Waals surface area (Å²) in [4.78, 5) is 0. The van der Waals surface area contributed by atoms with Crippen molar-refractivity contribution in [3.63, 3.8) is 0 Å². The molecule has 0 aromatic heterocycles. The number of hydrogen-bond acceptors (Lipinski definition) is 2. The number of nitrogens with two attached hydrogens (primary N) is 2. The van der Waals surface area contributed by atoms with Crippen molar-refractivity contribution < 1.29 is 0 Å². The van der Waals surface area contributed by atoms with Gasteiger partial charge in [0.2, 0.25) is 0 Å². The molecule has 5 saturated carbocycles. The van der Waals surface area contributed by atoms with E-state index in [2.05, 4.69) is 11.5 Å². The zero-order valence-electron chi connectivity index (χ0n) is 56.2. The van der Waals surface area contributed by atoms with Gasteiger partial charge in [0.25, 0.3) is 0 Å². The van der Waals surface area contributed by atoms with Crippen LogP contribution in [0.25, 0.3) is 0 Å². The first-order valence-electron chi connectivity index (χ1n) is 38.7. The lowest BCUT2D eigenvalue weighted by Gasteiger charge is -2.01. The lowest BCUT2D eigenvalue weighted by atomic mass is 10.1. The fraction of sp³-hybridized carbons (Fsp3) is 1.00. The highest BCUT2D eigenvalue weighted by Gasteiger charge is 2.02. The monoisotopic (exact) mass is 1110 g/mol. The van der Waals surface area contributed by atoms with Crippen molar-refractivity contribution in [1.82, 2.24) is 0 Å². The van der Waals surface area contributed by atoms with E-state index in [-0.39, 0.29) is 0 Å². The molecule has 5 rings (SSSR count). The van der Waals surface area contributed by atoms with Crippen LogP contribution in [0.3, 0.4) is 0 Å². The van der Waals surface area contributed by atoms with Crippen LogP contribution in [-0.4, -0.2) is 14.1 Å². The van der Waals surface area contributed by atoms with Gasteiger partial charge in [-0.25, -0.2) is 0 Å². The van der Waals surface area contributed by atoms with Crippen LogP contribution in [0.5, 0.6) is 0 Å². The molecular weight excluding hydrogens is 953 g/mol. The first-order chi connectivity index (χ1) is 39.5. The molecule has 0 aliphatic heterocycles. The van der Waals surface area contributed by atoms with Gasteiger partial charge >= 0.3 is 0 Å². The van der Waals surface area contributed by atoms with Gasteiger partial charge in [-0.15, -0.1) is 0 Å². The Balaban J connectivity index is 0. The summed E-state index contributed by atoms with van der Waals surface area (Å²) in [7, 11) is 3.00. The quantitative estimate of drug-likeness (QED) is 0.254. The Bertz CT molecular complexity index is 481. The van der Waals surface area contributed by atoms with Crippen molar-refractivity contribution in [3.05, 3.63) is 0 Å². The fourth-order valence-electron chi connectivity index (χ4n) is 13.3. The summed E-state index contributed by atoms with van der Waals surface area (Å²) < 4.78 is 0. The van der Waals surface area contributed by atoms with Crippen LogP contribution < -0.4 is 11.5 Å². The third-order valence-corrected chi connectivity index (χ3v) is 18.7. The summed E-state index contributed by atoms with van der Waals surface area (Å²) in [5, 5.41) is 0. The van der Waals surface area contributed by atoms with E-state index < -0.39 is 0 Å². The van der Waals surface area contributed by atoms with Crippen molar-refractivity contribution >= 4 is 0 Å². The van der Waals surface area contributed by atoms with Gasteiger partial charge in [-0.1, -0.05) is 482 Å². The standard InChI is InChI=1S/5C15H30.2CH5N/c5*1-2-4-6-8-10-12-14-15-13-11-9-7-5-3-1;2*1-2/h5*1-15H2;2*2H2,1H3. The Kier molecular flexibility index (Phi) is 84.2. The average Bonchev–Trinajstić information content (AvgIpc) is 3.53. The van der Waals surface area contributed by atoms with Crippen LogP contribution in [0.1, 0.15) is 482 Å². The second kappa shape index (κ2) is 82.1. The molecule has 0 aromatic carbocycles. The van der Waals surface area contributed by atoms with E-state index in [0.717, 1.165) is 0 Å². The molecule has 478 valence electrons. The van der Waals surface area contributed by atoms with Crippen LogP contribution in [0, 0.1) is 0 Å². The summed E-state index contributed by atoms with van der Waals surface area (Å²) >= 11 is 0. The lowest BCUT2D eigenvalue weighted by Crippen LogP contribution is -1.81. The van der Waals surface area contributed by atoms with E-state index in [1.807, 2.05) is 0 Å². The maximum atomic E-state index is 4.50. The minimum atomic E-state index is 1.50. The Hall–Kier alpha value is -0.0800. The Morgan fingerprint density at radius 2 is 0.0759 bits per heavy atom. The minimum Gasteiger partial charge on any atom is -0.333 e. The number of hydrogen-bond donors (Lipinski definition) is 2. The molecule has 79 heavy (non-hydrogen) atoms. The SMILES string of the molecule is C1CCCCCCCCCCCCCC1.C1CCCCCCCCCCCCCC1.C1CCCCCCCCCCCCCC1.C1CCCCCCCCCCCCCC1.C1CCCCCCCCCCCCCC1.CN.CN. The van der Waals surface area contributed by atoms with E-state index in [9.17, 15) is 0 Å². The molecule has 4 N–H and O–H groups in total. The van der Waals surface area contributed by atoms with E-state index in [0.29, 0.717) is 0 Å². The molecular formula is C77H160N2. The lowest BCUT2D eigenvalue weighted by molar-refractivity contribution is 0.548. The highest BCUT2D eigenvalue weighted by molar-refractivity contribution is 4.58. The van der Waals surface area contributed by atoms with Crippen LogP contribution in [0.15, 0.2) is 0 Å². The zero-order chi connectivity index (χ0) is 57.0. The molecule has 0 heterocycles. The fourth-order valence-corrected chi connectivity index (χ4v) is 13.3. The van der Waals surface area contributed by atoms with E-state index in [1.54, 1.807) is 0 Å². The van der Waals surface area contributed by atoms with Crippen molar-refractivity contribution in [3.8, 4) is 0 Å². The Morgan fingerprint density at radius 1 is 0.0633 bits per heavy atom. The first kappa shape index (κ1) is 81.0. The van der Waals surface area contributed by atoms with E-state index in [1.165, 1.54) is 496 Å². The molecule has 5 fully saturated rings. The molecule has 5 aliphatic rings. The molecule has 0 spiro atoms. The molecule has 0 aromatic rings. The third kappa shape index (κ3) is 80.0. The zero-order valence-corrected chi connectivity index (χ0v) is 56.2. The maximum Gasteiger partial charge on any atom is -0.0195 e. The molecule has 0 bridgehead atoms. The van der Waals surface area contributed by atoms with Crippen molar-refractivity contribution in [2.24, 2.45) is 11.5 Å². The summed E-state index contributed by atoms with van der Waals surface area (Å²) in [5.41, 5.74) is 9.00. The highest BCUT2D eigenvalue weighted by Crippen LogP contribution is 2.22. The summed E-state index contributed by atoms with van der Waals surface area (Å²) in [6.07, 6.45) is 112. The van der Waals surface area contributed by atoms with Crippen LogP contribution in [-0.2, 0) is 0 Å². The minimum absolute atomic E-state index is 1.50. The summed E-state index contributed by atoms with van der Waals surface area (Å²) in [6, 6.07) is 0. The van der Waals surface area contributed by atoms with Crippen molar-refractivity contribution in [1.29, 1.82) is 0 Å². The van der Waals surface area contributed by atoms with Gasteiger partial charge in [0.05, 0.1) is 0 Å². The first-order valence-corrected chi connectivity index (χ1v) is 38.7. The predicted molar refractivity (Wildman–Crippen MR) is 366 cm³/mol. The van der Waals surface area contributed by atoms with E-state index >= 15 is 0 Å². The molecule has 0 radical (unpaired) electrons. The largest absolute Gasteiger partial charge is 0.333 e. The van der Waals surface area contributed by atoms with Gasteiger partial charge in [0, 0.05) is 0 Å². The number of rotatable bonds is 0. The van der Waals surface area contributed by atoms with Crippen LogP contribution in [0.2, 0.25) is 0 Å². The molecule has 0 atom stereocenters. The van der Waals surface area contributed by atoms with E-state index in [4.69, 9.17) is 0 Å².